The predicted octanol–water partition coefficient (Wildman–Crippen LogP) is 13.5. The number of fused-ring (bicyclic) bond motifs is 5. The van der Waals surface area contributed by atoms with Crippen LogP contribution in [0.25, 0.3) is 0 Å². The summed E-state index contributed by atoms with van der Waals surface area (Å²) in [6.07, 6.45) is 41.7. The summed E-state index contributed by atoms with van der Waals surface area (Å²) >= 11 is 0. The number of unbranched alkanes of at least 4 members (excludes halogenated alkanes) is 5. The van der Waals surface area contributed by atoms with Crippen molar-refractivity contribution in [1.29, 1.82) is 0 Å². The van der Waals surface area contributed by atoms with Gasteiger partial charge in [0.2, 0.25) is 0 Å². The third-order valence-electron chi connectivity index (χ3n) is 13.6. The van der Waals surface area contributed by atoms with E-state index in [-0.39, 0.29) is 12.1 Å². The summed E-state index contributed by atoms with van der Waals surface area (Å²) in [6, 6.07) is 0. The quantitative estimate of drug-likeness (QED) is 0.0793. The van der Waals surface area contributed by atoms with Crippen LogP contribution in [-0.2, 0) is 9.53 Å². The smallest absolute Gasteiger partial charge is 0.306 e. The molecule has 4 aliphatic rings. The maximum atomic E-state index is 12.8. The molecule has 3 fully saturated rings. The molecule has 0 aromatic heterocycles. The standard InChI is InChI=1S/C45H74O2/c1-7-8-9-10-11-12-13-14-15-16-17-18-19-20-21-25-43(46)47-38-30-32-44(5)37(34-38)26-27-39-41-29-28-40(36(4)24-22-23-35(2)3)45(41,6)33-31-42(39)44/h8-9,11-12,14-15,26,35-36,38-42H,7,10,13,16-25,27-34H2,1-6H3/t36?,38?,39?,40?,41?,42?,44-,45+/m0/s1. The lowest BCUT2D eigenvalue weighted by atomic mass is 9.47. The lowest BCUT2D eigenvalue weighted by molar-refractivity contribution is -0.151. The summed E-state index contributed by atoms with van der Waals surface area (Å²) in [5, 5.41) is 0. The van der Waals surface area contributed by atoms with Gasteiger partial charge in [0.1, 0.15) is 6.10 Å². The van der Waals surface area contributed by atoms with Crippen molar-refractivity contribution in [2.75, 3.05) is 0 Å². The number of hydrogen-bond donors (Lipinski definition) is 0. The Hall–Kier alpha value is -1.57. The van der Waals surface area contributed by atoms with Crippen LogP contribution in [0.3, 0.4) is 0 Å². The number of esters is 1. The normalized spacial score (nSPS) is 32.9. The highest BCUT2D eigenvalue weighted by molar-refractivity contribution is 5.69. The highest BCUT2D eigenvalue weighted by Gasteiger charge is 2.59. The first kappa shape index (κ1) is 38.2. The number of rotatable bonds is 19. The van der Waals surface area contributed by atoms with Gasteiger partial charge in [0.05, 0.1) is 0 Å². The van der Waals surface area contributed by atoms with Crippen molar-refractivity contribution in [3.63, 3.8) is 0 Å². The first-order valence-electron chi connectivity index (χ1n) is 20.5. The predicted molar refractivity (Wildman–Crippen MR) is 202 cm³/mol. The van der Waals surface area contributed by atoms with Crippen LogP contribution in [0.4, 0.5) is 0 Å². The van der Waals surface area contributed by atoms with E-state index in [9.17, 15) is 4.79 Å². The van der Waals surface area contributed by atoms with Crippen molar-refractivity contribution in [3.05, 3.63) is 48.1 Å². The minimum Gasteiger partial charge on any atom is -0.462 e. The second-order valence-electron chi connectivity index (χ2n) is 17.2. The Morgan fingerprint density at radius 3 is 2.32 bits per heavy atom. The van der Waals surface area contributed by atoms with Crippen LogP contribution in [0.2, 0.25) is 0 Å². The molecule has 4 rings (SSSR count). The summed E-state index contributed by atoms with van der Waals surface area (Å²) in [4.78, 5) is 12.8. The van der Waals surface area contributed by atoms with E-state index in [1.165, 1.54) is 83.5 Å². The third-order valence-corrected chi connectivity index (χ3v) is 13.6. The van der Waals surface area contributed by atoms with Crippen LogP contribution in [0, 0.1) is 46.3 Å². The van der Waals surface area contributed by atoms with Gasteiger partial charge >= 0.3 is 5.97 Å². The summed E-state index contributed by atoms with van der Waals surface area (Å²) in [5.74, 6) is 5.28. The molecule has 2 nitrogen and oxygen atoms in total. The minimum atomic E-state index is 0.0435. The average Bonchev–Trinajstić information content (AvgIpc) is 3.40. The van der Waals surface area contributed by atoms with E-state index in [0.717, 1.165) is 80.5 Å². The van der Waals surface area contributed by atoms with Crippen LogP contribution in [0.1, 0.15) is 176 Å². The van der Waals surface area contributed by atoms with Crippen LogP contribution >= 0.6 is 0 Å². The SMILES string of the molecule is CCC=CCC=CCC=CCCCCCCCC(=O)OC1CC[C@@]2(C)C(=CCC3C4CCC(C(C)CCCC(C)C)[C@@]4(C)CCC32)C1. The highest BCUT2D eigenvalue weighted by Crippen LogP contribution is 2.67. The molecule has 0 bridgehead atoms. The molecule has 4 aliphatic carbocycles. The Kier molecular flexibility index (Phi) is 15.4. The molecule has 3 saturated carbocycles. The fraction of sp³-hybridized carbons (Fsp3) is 0.800. The molecule has 266 valence electrons. The first-order valence-corrected chi connectivity index (χ1v) is 20.5. The maximum absolute atomic E-state index is 12.8. The molecular formula is C45H74O2. The van der Waals surface area contributed by atoms with E-state index >= 15 is 0 Å². The Balaban J connectivity index is 1.13. The van der Waals surface area contributed by atoms with Gasteiger partial charge in [-0.1, -0.05) is 128 Å². The molecule has 0 aliphatic heterocycles. The highest BCUT2D eigenvalue weighted by atomic mass is 16.5. The molecule has 8 atom stereocenters. The zero-order valence-corrected chi connectivity index (χ0v) is 31.7. The van der Waals surface area contributed by atoms with Gasteiger partial charge in [-0.05, 0) is 130 Å². The molecular weight excluding hydrogens is 572 g/mol. The van der Waals surface area contributed by atoms with Gasteiger partial charge < -0.3 is 4.74 Å². The molecule has 0 spiro atoms. The van der Waals surface area contributed by atoms with E-state index in [4.69, 9.17) is 4.74 Å². The fourth-order valence-corrected chi connectivity index (χ4v) is 10.9. The van der Waals surface area contributed by atoms with Crippen LogP contribution in [0.15, 0.2) is 48.1 Å². The van der Waals surface area contributed by atoms with Crippen molar-refractivity contribution in [2.24, 2.45) is 46.3 Å². The fourth-order valence-electron chi connectivity index (χ4n) is 10.9. The minimum absolute atomic E-state index is 0.0435. The maximum Gasteiger partial charge on any atom is 0.306 e. The zero-order chi connectivity index (χ0) is 33.7. The first-order chi connectivity index (χ1) is 22.7. The topological polar surface area (TPSA) is 26.3 Å². The van der Waals surface area contributed by atoms with Crippen LogP contribution < -0.4 is 0 Å². The van der Waals surface area contributed by atoms with Gasteiger partial charge in [0.25, 0.3) is 0 Å². The third kappa shape index (κ3) is 10.5. The largest absolute Gasteiger partial charge is 0.462 e. The number of allylic oxidation sites excluding steroid dienone is 7. The summed E-state index contributed by atoms with van der Waals surface area (Å²) in [7, 11) is 0. The van der Waals surface area contributed by atoms with Gasteiger partial charge in [0.15, 0.2) is 0 Å². The van der Waals surface area contributed by atoms with E-state index < -0.39 is 0 Å². The van der Waals surface area contributed by atoms with E-state index in [1.54, 1.807) is 5.57 Å². The second kappa shape index (κ2) is 19.0. The Labute approximate surface area is 291 Å². The van der Waals surface area contributed by atoms with E-state index in [2.05, 4.69) is 84.1 Å². The summed E-state index contributed by atoms with van der Waals surface area (Å²) in [5.41, 5.74) is 2.51. The number of hydrogen-bond acceptors (Lipinski definition) is 2. The molecule has 2 heteroatoms. The van der Waals surface area contributed by atoms with Gasteiger partial charge in [-0.2, -0.15) is 0 Å². The zero-order valence-electron chi connectivity index (χ0n) is 31.7. The lowest BCUT2D eigenvalue weighted by Crippen LogP contribution is -2.51. The number of carbonyl (C=O) groups is 1. The molecule has 47 heavy (non-hydrogen) atoms. The molecule has 0 N–H and O–H groups in total. The van der Waals surface area contributed by atoms with Gasteiger partial charge in [-0.3, -0.25) is 4.79 Å². The van der Waals surface area contributed by atoms with Crippen molar-refractivity contribution < 1.29 is 9.53 Å². The molecule has 0 saturated heterocycles. The van der Waals surface area contributed by atoms with Crippen LogP contribution in [-0.4, -0.2) is 12.1 Å². The Morgan fingerprint density at radius 2 is 1.55 bits per heavy atom. The number of ether oxygens (including phenoxy) is 1. The van der Waals surface area contributed by atoms with Gasteiger partial charge in [-0.25, -0.2) is 0 Å². The molecule has 0 amide bonds. The van der Waals surface area contributed by atoms with Gasteiger partial charge in [0, 0.05) is 12.8 Å². The molecule has 0 aromatic carbocycles. The number of carbonyl (C=O) groups excluding carboxylic acids is 1. The van der Waals surface area contributed by atoms with Crippen molar-refractivity contribution in [3.8, 4) is 0 Å². The summed E-state index contributed by atoms with van der Waals surface area (Å²) < 4.78 is 6.12. The van der Waals surface area contributed by atoms with Crippen molar-refractivity contribution in [1.82, 2.24) is 0 Å². The van der Waals surface area contributed by atoms with E-state index in [1.807, 2.05) is 0 Å². The second-order valence-corrected chi connectivity index (χ2v) is 17.2. The molecule has 0 heterocycles. The van der Waals surface area contributed by atoms with E-state index in [0.29, 0.717) is 17.3 Å². The average molecular weight is 647 g/mol. The lowest BCUT2D eigenvalue weighted by Gasteiger charge is -2.58. The van der Waals surface area contributed by atoms with Crippen molar-refractivity contribution >= 4 is 5.97 Å². The van der Waals surface area contributed by atoms with Crippen molar-refractivity contribution in [2.45, 2.75) is 182 Å². The molecule has 0 radical (unpaired) electrons. The monoisotopic (exact) mass is 647 g/mol. The van der Waals surface area contributed by atoms with Gasteiger partial charge in [-0.15, -0.1) is 0 Å². The molecule has 6 unspecified atom stereocenters. The molecule has 0 aromatic rings. The Bertz CT molecular complexity index is 1060. The van der Waals surface area contributed by atoms with Crippen LogP contribution in [0.5, 0.6) is 0 Å². The summed E-state index contributed by atoms with van der Waals surface area (Å²) in [6.45, 7) is 14.8. The Morgan fingerprint density at radius 1 is 0.830 bits per heavy atom.